The molecule has 0 aliphatic carbocycles. The summed E-state index contributed by atoms with van der Waals surface area (Å²) in [4.78, 5) is 11.6. The fourth-order valence-electron chi connectivity index (χ4n) is 1.57. The molecule has 0 aliphatic heterocycles. The molecule has 8 heteroatoms. The summed E-state index contributed by atoms with van der Waals surface area (Å²) < 4.78 is 29.0. The Balaban J connectivity index is 2.79. The molecule has 0 aromatic heterocycles. The van der Waals surface area contributed by atoms with Crippen LogP contribution in [-0.4, -0.2) is 39.8 Å². The molecule has 0 fully saturated rings. The van der Waals surface area contributed by atoms with Crippen molar-refractivity contribution in [1.29, 1.82) is 0 Å². The van der Waals surface area contributed by atoms with Crippen LogP contribution in [0.5, 0.6) is 0 Å². The van der Waals surface area contributed by atoms with Crippen molar-refractivity contribution in [3.8, 4) is 0 Å². The number of rotatable bonds is 6. The number of hydrogen-bond donors (Lipinski definition) is 2. The first-order valence-electron chi connectivity index (χ1n) is 5.82. The van der Waals surface area contributed by atoms with Crippen molar-refractivity contribution >= 4 is 33.0 Å². The zero-order valence-electron chi connectivity index (χ0n) is 11.2. The Morgan fingerprint density at radius 1 is 1.50 bits per heavy atom. The number of carbonyl (C=O) groups excluding carboxylic acids is 1. The Kier molecular flexibility index (Phi) is 5.79. The van der Waals surface area contributed by atoms with E-state index in [1.807, 2.05) is 0 Å². The zero-order chi connectivity index (χ0) is 15.3. The largest absolute Gasteiger partial charge is 0.398 e. The second-order valence-electron chi connectivity index (χ2n) is 4.37. The molecular formula is C12H17ClN2O4S. The monoisotopic (exact) mass is 320 g/mol. The number of sulfone groups is 1. The number of anilines is 1. The average molecular weight is 321 g/mol. The normalized spacial score (nSPS) is 12.9. The van der Waals surface area contributed by atoms with Crippen LogP contribution in [0, 0.1) is 0 Å². The summed E-state index contributed by atoms with van der Waals surface area (Å²) >= 11 is 5.78. The standard InChI is InChI=1S/C12H17ClN2O4S/c1-8(6-19-2)15-12(16)7-20(17,18)9-3-4-11(14)10(13)5-9/h3-5,8H,6-7,14H2,1-2H3,(H,15,16). The maximum Gasteiger partial charge on any atom is 0.235 e. The lowest BCUT2D eigenvalue weighted by molar-refractivity contribution is -0.119. The highest BCUT2D eigenvalue weighted by Crippen LogP contribution is 2.23. The highest BCUT2D eigenvalue weighted by atomic mass is 35.5. The van der Waals surface area contributed by atoms with E-state index < -0.39 is 21.5 Å². The lowest BCUT2D eigenvalue weighted by atomic mass is 10.3. The number of methoxy groups -OCH3 is 1. The van der Waals surface area contributed by atoms with Gasteiger partial charge in [0.05, 0.1) is 22.2 Å². The van der Waals surface area contributed by atoms with Crippen LogP contribution >= 0.6 is 11.6 Å². The second-order valence-corrected chi connectivity index (χ2v) is 6.76. The van der Waals surface area contributed by atoms with Gasteiger partial charge in [-0.25, -0.2) is 8.42 Å². The minimum atomic E-state index is -3.75. The molecule has 0 radical (unpaired) electrons. The summed E-state index contributed by atoms with van der Waals surface area (Å²) in [6.45, 7) is 2.02. The molecule has 1 aromatic carbocycles. The molecule has 0 spiro atoms. The van der Waals surface area contributed by atoms with E-state index in [9.17, 15) is 13.2 Å². The molecule has 1 atom stereocenters. The van der Waals surface area contributed by atoms with Gasteiger partial charge in [0.2, 0.25) is 5.91 Å². The van der Waals surface area contributed by atoms with Gasteiger partial charge in [-0.15, -0.1) is 0 Å². The van der Waals surface area contributed by atoms with Gasteiger partial charge in [0.15, 0.2) is 9.84 Å². The number of halogens is 1. The van der Waals surface area contributed by atoms with Gasteiger partial charge in [-0.05, 0) is 25.1 Å². The maximum atomic E-state index is 12.1. The molecule has 0 saturated carbocycles. The number of nitrogens with one attached hydrogen (secondary N) is 1. The van der Waals surface area contributed by atoms with Crippen molar-refractivity contribution in [2.75, 3.05) is 25.2 Å². The van der Waals surface area contributed by atoms with Gasteiger partial charge in [0, 0.05) is 13.2 Å². The minimum Gasteiger partial charge on any atom is -0.398 e. The lowest BCUT2D eigenvalue weighted by Crippen LogP contribution is -2.39. The lowest BCUT2D eigenvalue weighted by Gasteiger charge is -2.13. The number of hydrogen-bond acceptors (Lipinski definition) is 5. The Labute approximate surface area is 123 Å². The van der Waals surface area contributed by atoms with Crippen LogP contribution in [-0.2, 0) is 19.4 Å². The molecule has 0 saturated heterocycles. The Bertz CT molecular complexity index is 589. The molecule has 20 heavy (non-hydrogen) atoms. The molecule has 6 nitrogen and oxygen atoms in total. The van der Waals surface area contributed by atoms with Gasteiger partial charge >= 0.3 is 0 Å². The Hall–Kier alpha value is -1.31. The number of carbonyl (C=O) groups is 1. The number of benzene rings is 1. The van der Waals surface area contributed by atoms with Gasteiger partial charge in [0.25, 0.3) is 0 Å². The fourth-order valence-corrected chi connectivity index (χ4v) is 2.98. The molecule has 0 heterocycles. The SMILES string of the molecule is COCC(C)NC(=O)CS(=O)(=O)c1ccc(N)c(Cl)c1. The van der Waals surface area contributed by atoms with E-state index in [2.05, 4.69) is 5.32 Å². The summed E-state index contributed by atoms with van der Waals surface area (Å²) in [6, 6.07) is 3.68. The Morgan fingerprint density at radius 3 is 2.70 bits per heavy atom. The van der Waals surface area contributed by atoms with E-state index in [1.165, 1.54) is 25.3 Å². The van der Waals surface area contributed by atoms with Crippen LogP contribution in [0.1, 0.15) is 6.92 Å². The van der Waals surface area contributed by atoms with Crippen molar-refractivity contribution in [2.24, 2.45) is 0 Å². The molecule has 1 unspecified atom stereocenters. The van der Waals surface area contributed by atoms with Gasteiger partial charge in [-0.3, -0.25) is 4.79 Å². The average Bonchev–Trinajstić information content (AvgIpc) is 2.31. The van der Waals surface area contributed by atoms with E-state index in [4.69, 9.17) is 22.1 Å². The highest BCUT2D eigenvalue weighted by molar-refractivity contribution is 7.92. The third kappa shape index (κ3) is 4.66. The van der Waals surface area contributed by atoms with Crippen LogP contribution < -0.4 is 11.1 Å². The van der Waals surface area contributed by atoms with E-state index in [1.54, 1.807) is 6.92 Å². The number of nitrogen functional groups attached to an aromatic ring is 1. The first kappa shape index (κ1) is 16.7. The summed E-state index contributed by atoms with van der Waals surface area (Å²) in [5, 5.41) is 2.67. The quantitative estimate of drug-likeness (QED) is 0.757. The number of nitrogens with two attached hydrogens (primary N) is 1. The van der Waals surface area contributed by atoms with Crippen molar-refractivity contribution < 1.29 is 17.9 Å². The molecule has 112 valence electrons. The highest BCUT2D eigenvalue weighted by Gasteiger charge is 2.21. The van der Waals surface area contributed by atoms with Crippen molar-refractivity contribution in [2.45, 2.75) is 17.9 Å². The van der Waals surface area contributed by atoms with E-state index in [-0.39, 0.29) is 21.6 Å². The summed E-state index contributed by atoms with van der Waals surface area (Å²) in [5.41, 5.74) is 5.79. The summed E-state index contributed by atoms with van der Waals surface area (Å²) in [6.07, 6.45) is 0. The van der Waals surface area contributed by atoms with Crippen LogP contribution in [0.3, 0.4) is 0 Å². The van der Waals surface area contributed by atoms with E-state index in [0.717, 1.165) is 0 Å². The first-order chi connectivity index (χ1) is 9.26. The van der Waals surface area contributed by atoms with E-state index in [0.29, 0.717) is 6.61 Å². The molecule has 1 rings (SSSR count). The molecular weight excluding hydrogens is 304 g/mol. The molecule has 3 N–H and O–H groups in total. The van der Waals surface area contributed by atoms with Crippen LogP contribution in [0.15, 0.2) is 23.1 Å². The predicted octanol–water partition coefficient (Wildman–Crippen LogP) is 0.847. The maximum absolute atomic E-state index is 12.1. The van der Waals surface area contributed by atoms with Crippen LogP contribution in [0.25, 0.3) is 0 Å². The van der Waals surface area contributed by atoms with Crippen molar-refractivity contribution in [3.63, 3.8) is 0 Å². The zero-order valence-corrected chi connectivity index (χ0v) is 12.8. The van der Waals surface area contributed by atoms with Crippen LogP contribution in [0.2, 0.25) is 5.02 Å². The fraction of sp³-hybridized carbons (Fsp3) is 0.417. The molecule has 0 aliphatic rings. The third-order valence-electron chi connectivity index (χ3n) is 2.48. The predicted molar refractivity (Wildman–Crippen MR) is 77.4 cm³/mol. The van der Waals surface area contributed by atoms with Crippen molar-refractivity contribution in [3.05, 3.63) is 23.2 Å². The summed E-state index contributed by atoms with van der Waals surface area (Å²) in [7, 11) is -2.26. The summed E-state index contributed by atoms with van der Waals surface area (Å²) in [5.74, 6) is -1.25. The number of ether oxygens (including phenoxy) is 1. The molecule has 1 aromatic rings. The third-order valence-corrected chi connectivity index (χ3v) is 4.42. The number of amides is 1. The topological polar surface area (TPSA) is 98.5 Å². The van der Waals surface area contributed by atoms with Gasteiger partial charge < -0.3 is 15.8 Å². The van der Waals surface area contributed by atoms with Gasteiger partial charge in [0.1, 0.15) is 5.75 Å². The first-order valence-corrected chi connectivity index (χ1v) is 7.85. The molecule has 1 amide bonds. The van der Waals surface area contributed by atoms with E-state index >= 15 is 0 Å². The second kappa shape index (κ2) is 6.92. The smallest absolute Gasteiger partial charge is 0.235 e. The van der Waals surface area contributed by atoms with Crippen molar-refractivity contribution in [1.82, 2.24) is 5.32 Å². The van der Waals surface area contributed by atoms with Crippen LogP contribution in [0.4, 0.5) is 5.69 Å². The minimum absolute atomic E-state index is 0.0359. The Morgan fingerprint density at radius 2 is 2.15 bits per heavy atom. The van der Waals surface area contributed by atoms with Gasteiger partial charge in [-0.1, -0.05) is 11.6 Å². The molecule has 0 bridgehead atoms. The van der Waals surface area contributed by atoms with Gasteiger partial charge in [-0.2, -0.15) is 0 Å².